The molecule has 1 aliphatic heterocycles. The standard InChI is InChI=1S/C13H20N4/c1-4-13(16-15-7-1)17-8-2-3-12(10-17)14-9-11-5-6-11/h1,4,7,11-12,14H,2-3,5-6,8-10H2/t12-/m1/s1. The van der Waals surface area contributed by atoms with Gasteiger partial charge in [0, 0.05) is 25.3 Å². The second-order valence-electron chi connectivity index (χ2n) is 5.22. The van der Waals surface area contributed by atoms with Crippen LogP contribution in [0.5, 0.6) is 0 Å². The van der Waals surface area contributed by atoms with Gasteiger partial charge in [0.1, 0.15) is 0 Å². The molecule has 1 saturated carbocycles. The number of hydrogen-bond acceptors (Lipinski definition) is 4. The van der Waals surface area contributed by atoms with Crippen LogP contribution in [-0.4, -0.2) is 35.9 Å². The number of rotatable bonds is 4. The number of nitrogens with one attached hydrogen (secondary N) is 1. The summed E-state index contributed by atoms with van der Waals surface area (Å²) in [5, 5.41) is 11.8. The number of anilines is 1. The Morgan fingerprint density at radius 3 is 3.06 bits per heavy atom. The highest BCUT2D eigenvalue weighted by Gasteiger charge is 2.25. The van der Waals surface area contributed by atoms with Crippen LogP contribution in [0.25, 0.3) is 0 Å². The van der Waals surface area contributed by atoms with Crippen molar-refractivity contribution in [3.8, 4) is 0 Å². The first-order chi connectivity index (χ1) is 8.42. The van der Waals surface area contributed by atoms with Crippen molar-refractivity contribution in [2.24, 2.45) is 5.92 Å². The van der Waals surface area contributed by atoms with Gasteiger partial charge in [0.15, 0.2) is 5.82 Å². The predicted molar refractivity (Wildman–Crippen MR) is 68.0 cm³/mol. The normalized spacial score (nSPS) is 24.9. The summed E-state index contributed by atoms with van der Waals surface area (Å²) in [5.74, 6) is 1.98. The Hall–Kier alpha value is -1.16. The molecule has 0 bridgehead atoms. The minimum absolute atomic E-state index is 0.631. The van der Waals surface area contributed by atoms with E-state index in [0.717, 1.165) is 24.8 Å². The van der Waals surface area contributed by atoms with E-state index in [4.69, 9.17) is 0 Å². The molecule has 0 radical (unpaired) electrons. The van der Waals surface area contributed by atoms with Crippen LogP contribution in [0, 0.1) is 5.92 Å². The summed E-state index contributed by atoms with van der Waals surface area (Å²) in [7, 11) is 0. The Bertz CT molecular complexity index is 350. The van der Waals surface area contributed by atoms with Crippen LogP contribution < -0.4 is 10.2 Å². The van der Waals surface area contributed by atoms with E-state index >= 15 is 0 Å². The highest BCUT2D eigenvalue weighted by Crippen LogP contribution is 2.28. The maximum atomic E-state index is 4.19. The molecule has 0 amide bonds. The topological polar surface area (TPSA) is 41.1 Å². The average Bonchev–Trinajstić information content (AvgIpc) is 3.22. The lowest BCUT2D eigenvalue weighted by Crippen LogP contribution is -2.46. The second-order valence-corrected chi connectivity index (χ2v) is 5.22. The number of hydrogen-bond donors (Lipinski definition) is 1. The molecule has 0 spiro atoms. The Morgan fingerprint density at radius 1 is 1.35 bits per heavy atom. The lowest BCUT2D eigenvalue weighted by atomic mass is 10.1. The molecule has 1 aliphatic carbocycles. The Labute approximate surface area is 102 Å². The van der Waals surface area contributed by atoms with Crippen molar-refractivity contribution in [1.29, 1.82) is 0 Å². The molecule has 1 N–H and O–H groups in total. The second kappa shape index (κ2) is 5.00. The Balaban J connectivity index is 1.55. The summed E-state index contributed by atoms with van der Waals surface area (Å²) in [5.41, 5.74) is 0. The van der Waals surface area contributed by atoms with Crippen LogP contribution in [0.4, 0.5) is 5.82 Å². The SMILES string of the molecule is c1cnnc(N2CCC[C@@H](NCC3CC3)C2)c1. The molecule has 2 aliphatic rings. The van der Waals surface area contributed by atoms with Gasteiger partial charge in [-0.15, -0.1) is 5.10 Å². The van der Waals surface area contributed by atoms with Gasteiger partial charge in [-0.25, -0.2) is 0 Å². The quantitative estimate of drug-likeness (QED) is 0.853. The zero-order valence-electron chi connectivity index (χ0n) is 10.2. The van der Waals surface area contributed by atoms with Gasteiger partial charge in [-0.3, -0.25) is 0 Å². The number of nitrogens with zero attached hydrogens (tertiary/aromatic N) is 3. The van der Waals surface area contributed by atoms with Gasteiger partial charge < -0.3 is 10.2 Å². The molecule has 1 aromatic rings. The molecule has 2 fully saturated rings. The largest absolute Gasteiger partial charge is 0.354 e. The van der Waals surface area contributed by atoms with Crippen LogP contribution >= 0.6 is 0 Å². The minimum Gasteiger partial charge on any atom is -0.354 e. The van der Waals surface area contributed by atoms with Gasteiger partial charge in [-0.2, -0.15) is 5.10 Å². The zero-order chi connectivity index (χ0) is 11.5. The van der Waals surface area contributed by atoms with E-state index in [9.17, 15) is 0 Å². The predicted octanol–water partition coefficient (Wildman–Crippen LogP) is 1.44. The molecule has 3 rings (SSSR count). The smallest absolute Gasteiger partial charge is 0.151 e. The van der Waals surface area contributed by atoms with Crippen LogP contribution in [0.15, 0.2) is 18.3 Å². The molecule has 92 valence electrons. The Morgan fingerprint density at radius 2 is 2.29 bits per heavy atom. The first-order valence-electron chi connectivity index (χ1n) is 6.68. The summed E-state index contributed by atoms with van der Waals surface area (Å²) >= 11 is 0. The maximum Gasteiger partial charge on any atom is 0.151 e. The third-order valence-corrected chi connectivity index (χ3v) is 3.70. The van der Waals surface area contributed by atoms with Gasteiger partial charge in [-0.1, -0.05) is 0 Å². The lowest BCUT2D eigenvalue weighted by molar-refractivity contribution is 0.414. The van der Waals surface area contributed by atoms with Crippen LogP contribution in [0.3, 0.4) is 0 Å². The van der Waals surface area contributed by atoms with E-state index in [-0.39, 0.29) is 0 Å². The molecule has 4 heteroatoms. The van der Waals surface area contributed by atoms with Gasteiger partial charge >= 0.3 is 0 Å². The fraction of sp³-hybridized carbons (Fsp3) is 0.692. The van der Waals surface area contributed by atoms with Crippen molar-refractivity contribution in [3.05, 3.63) is 18.3 Å². The van der Waals surface area contributed by atoms with Crippen molar-refractivity contribution < 1.29 is 0 Å². The van der Waals surface area contributed by atoms with E-state index in [0.29, 0.717) is 6.04 Å². The van der Waals surface area contributed by atoms with E-state index in [1.165, 1.54) is 32.2 Å². The van der Waals surface area contributed by atoms with Gasteiger partial charge in [0.05, 0.1) is 0 Å². The highest BCUT2D eigenvalue weighted by atomic mass is 15.3. The monoisotopic (exact) mass is 232 g/mol. The van der Waals surface area contributed by atoms with Crippen LogP contribution in [0.2, 0.25) is 0 Å². The molecule has 1 saturated heterocycles. The molecule has 4 nitrogen and oxygen atoms in total. The Kier molecular flexibility index (Phi) is 3.22. The molecule has 0 aromatic carbocycles. The molecule has 1 atom stereocenters. The van der Waals surface area contributed by atoms with Gasteiger partial charge in [0.25, 0.3) is 0 Å². The van der Waals surface area contributed by atoms with E-state index in [1.54, 1.807) is 6.20 Å². The van der Waals surface area contributed by atoms with Crippen LogP contribution in [-0.2, 0) is 0 Å². The first-order valence-corrected chi connectivity index (χ1v) is 6.68. The summed E-state index contributed by atoms with van der Waals surface area (Å²) in [4.78, 5) is 2.35. The van der Waals surface area contributed by atoms with Crippen molar-refractivity contribution >= 4 is 5.82 Å². The molecule has 2 heterocycles. The van der Waals surface area contributed by atoms with Gasteiger partial charge in [0.2, 0.25) is 0 Å². The fourth-order valence-corrected chi connectivity index (χ4v) is 2.47. The summed E-state index contributed by atoms with van der Waals surface area (Å²) in [6.45, 7) is 3.39. The van der Waals surface area contributed by atoms with Crippen molar-refractivity contribution in [2.45, 2.75) is 31.7 Å². The molecular formula is C13H20N4. The molecule has 17 heavy (non-hydrogen) atoms. The minimum atomic E-state index is 0.631. The van der Waals surface area contributed by atoms with Crippen molar-refractivity contribution in [2.75, 3.05) is 24.5 Å². The first kappa shape index (κ1) is 11.0. The summed E-state index contributed by atoms with van der Waals surface area (Å²) < 4.78 is 0. The fourth-order valence-electron chi connectivity index (χ4n) is 2.47. The van der Waals surface area contributed by atoms with E-state index < -0.39 is 0 Å². The summed E-state index contributed by atoms with van der Waals surface area (Å²) in [6, 6.07) is 4.64. The lowest BCUT2D eigenvalue weighted by Gasteiger charge is -2.33. The van der Waals surface area contributed by atoms with E-state index in [2.05, 4.69) is 26.5 Å². The highest BCUT2D eigenvalue weighted by molar-refractivity contribution is 5.37. The van der Waals surface area contributed by atoms with Crippen molar-refractivity contribution in [3.63, 3.8) is 0 Å². The molecule has 1 aromatic heterocycles. The number of piperidine rings is 1. The van der Waals surface area contributed by atoms with Crippen LogP contribution in [0.1, 0.15) is 25.7 Å². The summed E-state index contributed by atoms with van der Waals surface area (Å²) in [6.07, 6.45) is 7.12. The number of aromatic nitrogens is 2. The van der Waals surface area contributed by atoms with Crippen molar-refractivity contribution in [1.82, 2.24) is 15.5 Å². The van der Waals surface area contributed by atoms with Gasteiger partial charge in [-0.05, 0) is 50.3 Å². The molecule has 0 unspecified atom stereocenters. The molecular weight excluding hydrogens is 212 g/mol. The van der Waals surface area contributed by atoms with E-state index in [1.807, 2.05) is 6.07 Å². The zero-order valence-corrected chi connectivity index (χ0v) is 10.2. The third kappa shape index (κ3) is 2.94. The third-order valence-electron chi connectivity index (χ3n) is 3.70. The maximum absolute atomic E-state index is 4.19. The average molecular weight is 232 g/mol.